The summed E-state index contributed by atoms with van der Waals surface area (Å²) in [6.45, 7) is 17.8. The first-order chi connectivity index (χ1) is 44.0. The predicted molar refractivity (Wildman–Crippen MR) is 393 cm³/mol. The van der Waals surface area contributed by atoms with Crippen LogP contribution in [0.15, 0.2) is 46.9 Å². The Morgan fingerprint density at radius 3 is 0.663 bits per heavy atom. The van der Waals surface area contributed by atoms with Crippen molar-refractivity contribution >= 4 is 59.0 Å². The van der Waals surface area contributed by atoms with E-state index in [-0.39, 0.29) is 0 Å². The molecule has 0 heterocycles. The largest absolute Gasteiger partial charge is 0.490 e. The second-order valence-electron chi connectivity index (χ2n) is 26.8. The molecule has 0 N–H and O–H groups in total. The van der Waals surface area contributed by atoms with Crippen molar-refractivity contribution in [3.8, 4) is 34.5 Å². The lowest BCUT2D eigenvalue weighted by Crippen LogP contribution is -2.04. The van der Waals surface area contributed by atoms with Crippen LogP contribution in [-0.2, 0) is 0 Å². The van der Waals surface area contributed by atoms with E-state index in [4.69, 9.17) is 28.4 Å². The van der Waals surface area contributed by atoms with E-state index in [0.717, 1.165) is 110 Å². The van der Waals surface area contributed by atoms with Gasteiger partial charge in [0.15, 0.2) is 34.5 Å². The monoisotopic (exact) mass is 1290 g/mol. The van der Waals surface area contributed by atoms with Crippen molar-refractivity contribution < 1.29 is 28.4 Å². The molecule has 0 aromatic heterocycles. The molecule has 89 heavy (non-hydrogen) atoms. The molecule has 0 amide bonds. The Kier molecular flexibility index (Phi) is 42.8. The number of benzene rings is 5. The van der Waals surface area contributed by atoms with Gasteiger partial charge in [0.25, 0.3) is 0 Å². The summed E-state index contributed by atoms with van der Waals surface area (Å²) >= 11 is 4.22. The smallest absolute Gasteiger partial charge is 0.175 e. The Hall–Kier alpha value is -3.58. The topological polar surface area (TPSA) is 55.4 Å². The first-order valence-corrected chi connectivity index (χ1v) is 39.2. The molecule has 0 fully saturated rings. The average molecular weight is 1290 g/mol. The Morgan fingerprint density at radius 1 is 0.202 bits per heavy atom. The van der Waals surface area contributed by atoms with Crippen molar-refractivity contribution in [2.75, 3.05) is 39.6 Å². The third kappa shape index (κ3) is 29.9. The number of hydrogen-bond acceptors (Lipinski definition) is 6. The maximum Gasteiger partial charge on any atom is 0.175 e. The Morgan fingerprint density at radius 2 is 0.404 bits per heavy atom. The zero-order chi connectivity index (χ0) is 63.0. The van der Waals surface area contributed by atoms with E-state index in [9.17, 15) is 0 Å². The summed E-state index contributed by atoms with van der Waals surface area (Å²) in [5.41, 5.74) is 0. The molecule has 0 bridgehead atoms. The number of unbranched alkanes of at least 4 members (excludes halogenated alkanes) is 42. The maximum atomic E-state index is 6.95. The molecule has 5 rings (SSSR count). The summed E-state index contributed by atoms with van der Waals surface area (Å²) in [4.78, 5) is 0. The summed E-state index contributed by atoms with van der Waals surface area (Å²) in [6, 6.07) is 16.4. The van der Waals surface area contributed by atoms with E-state index >= 15 is 0 Å². The van der Waals surface area contributed by atoms with Gasteiger partial charge in [-0.25, -0.2) is 0 Å². The molecule has 6 nitrogen and oxygen atoms in total. The minimum Gasteiger partial charge on any atom is -0.490 e. The second kappa shape index (κ2) is 50.0. The third-order valence-corrected chi connectivity index (χ3v) is 19.5. The minimum absolute atomic E-state index is 0.667. The maximum absolute atomic E-state index is 6.95. The number of rotatable bonds is 60. The van der Waals surface area contributed by atoms with Crippen LogP contribution < -0.4 is 28.4 Å². The van der Waals surface area contributed by atoms with Crippen LogP contribution >= 0.6 is 15.9 Å². The highest BCUT2D eigenvalue weighted by atomic mass is 79.9. The standard InChI is InChI=1S/C82H133BrO6/c1-7-13-19-25-31-37-43-49-55-84-76-64-72-70-61-68-62-80(88-59-53-47-41-35-29-23-17-11-5)82(89-60-54-48-42-36-30-24-18-12-6)81(83)69(68)63-71(70)73-65-77(85-56-50-44-38-32-26-20-14-8-2)79(87-58-52-46-40-34-28-22-16-10-4)67-75(73)74(72)66-78(76)86-57-51-45-39-33-27-21-15-9-3/h61-67H,7-60H2,1-6H3. The molecule has 504 valence electrons. The van der Waals surface area contributed by atoms with Gasteiger partial charge >= 0.3 is 0 Å². The van der Waals surface area contributed by atoms with Crippen molar-refractivity contribution in [3.05, 3.63) is 46.9 Å². The molecule has 0 spiro atoms. The molecule has 0 aliphatic heterocycles. The summed E-state index contributed by atoms with van der Waals surface area (Å²) < 4.78 is 42.5. The van der Waals surface area contributed by atoms with E-state index in [1.165, 1.54) is 280 Å². The fourth-order valence-corrected chi connectivity index (χ4v) is 13.7. The van der Waals surface area contributed by atoms with Crippen LogP contribution in [0.25, 0.3) is 43.1 Å². The van der Waals surface area contributed by atoms with E-state index in [1.54, 1.807) is 0 Å². The van der Waals surface area contributed by atoms with Gasteiger partial charge in [0.05, 0.1) is 44.1 Å². The predicted octanol–water partition coefficient (Wildman–Crippen LogP) is 28.2. The quantitative estimate of drug-likeness (QED) is 0.0220. The molecular weight excluding hydrogens is 1160 g/mol. The first-order valence-electron chi connectivity index (χ1n) is 38.4. The van der Waals surface area contributed by atoms with Crippen molar-refractivity contribution in [2.24, 2.45) is 0 Å². The van der Waals surface area contributed by atoms with E-state index in [1.807, 2.05) is 0 Å². The van der Waals surface area contributed by atoms with Gasteiger partial charge in [0.1, 0.15) is 0 Å². The van der Waals surface area contributed by atoms with Gasteiger partial charge in [0.2, 0.25) is 0 Å². The number of halogens is 1. The van der Waals surface area contributed by atoms with Gasteiger partial charge in [-0.1, -0.05) is 311 Å². The van der Waals surface area contributed by atoms with Crippen molar-refractivity contribution in [1.29, 1.82) is 0 Å². The number of hydrogen-bond donors (Lipinski definition) is 0. The summed E-state index contributed by atoms with van der Waals surface area (Å²) in [6.07, 6.45) is 60.6. The van der Waals surface area contributed by atoms with Crippen LogP contribution in [0.4, 0.5) is 0 Å². The first kappa shape index (κ1) is 76.1. The fraction of sp³-hybridized carbons (Fsp3) is 0.732. The van der Waals surface area contributed by atoms with E-state index < -0.39 is 0 Å². The van der Waals surface area contributed by atoms with Crippen molar-refractivity contribution in [2.45, 2.75) is 350 Å². The Bertz CT molecular complexity index is 2570. The number of fused-ring (bicyclic) bond motifs is 7. The van der Waals surface area contributed by atoms with Gasteiger partial charge in [-0.05, 0) is 135 Å². The third-order valence-electron chi connectivity index (χ3n) is 18.7. The summed E-state index contributed by atoms with van der Waals surface area (Å²) in [5, 5.41) is 9.23. The lowest BCUT2D eigenvalue weighted by atomic mass is 9.91. The molecule has 0 saturated carbocycles. The van der Waals surface area contributed by atoms with Gasteiger partial charge in [0, 0.05) is 5.39 Å². The zero-order valence-corrected chi connectivity index (χ0v) is 60.1. The molecule has 0 saturated heterocycles. The molecular formula is C82H133BrO6. The molecule has 0 aliphatic carbocycles. The summed E-state index contributed by atoms with van der Waals surface area (Å²) in [5.74, 6) is 5.03. The number of ether oxygens (including phenoxy) is 6. The molecule has 5 aromatic carbocycles. The molecule has 7 heteroatoms. The van der Waals surface area contributed by atoms with E-state index in [0.29, 0.717) is 39.6 Å². The highest BCUT2D eigenvalue weighted by Crippen LogP contribution is 2.49. The van der Waals surface area contributed by atoms with Crippen molar-refractivity contribution in [1.82, 2.24) is 0 Å². The zero-order valence-electron chi connectivity index (χ0n) is 58.6. The SMILES string of the molecule is CCCCCCCCCCOc1cc2c3cc(OCCCCCCCCCC)c(OCCCCCCCCCC)cc3c3cc4c(Br)c(OCCCCCCCCCC)c(OCCCCCCCCCC)cc4cc3c2cc1OCCCCCCCCCC. The fourth-order valence-electron chi connectivity index (χ4n) is 13.0. The minimum atomic E-state index is 0.667. The lowest BCUT2D eigenvalue weighted by molar-refractivity contribution is 0.257. The molecule has 0 radical (unpaired) electrons. The van der Waals surface area contributed by atoms with E-state index in [2.05, 4.69) is 99.9 Å². The molecule has 0 aliphatic rings. The van der Waals surface area contributed by atoms with Crippen LogP contribution in [0.1, 0.15) is 350 Å². The van der Waals surface area contributed by atoms with Gasteiger partial charge in [-0.15, -0.1) is 0 Å². The highest BCUT2D eigenvalue weighted by Gasteiger charge is 2.22. The molecule has 0 atom stereocenters. The van der Waals surface area contributed by atoms with Gasteiger partial charge < -0.3 is 28.4 Å². The van der Waals surface area contributed by atoms with Crippen LogP contribution in [0.2, 0.25) is 0 Å². The summed E-state index contributed by atoms with van der Waals surface area (Å²) in [7, 11) is 0. The van der Waals surface area contributed by atoms with Crippen LogP contribution in [0.5, 0.6) is 34.5 Å². The van der Waals surface area contributed by atoms with Crippen molar-refractivity contribution in [3.63, 3.8) is 0 Å². The average Bonchev–Trinajstić information content (AvgIpc) is 0.799. The Labute approximate surface area is 555 Å². The normalized spacial score (nSPS) is 11.7. The van der Waals surface area contributed by atoms with Crippen LogP contribution in [-0.4, -0.2) is 39.6 Å². The molecule has 5 aromatic rings. The molecule has 0 unspecified atom stereocenters. The van der Waals surface area contributed by atoms with Crippen LogP contribution in [0, 0.1) is 0 Å². The second-order valence-corrected chi connectivity index (χ2v) is 27.6. The highest BCUT2D eigenvalue weighted by molar-refractivity contribution is 9.10. The Balaban J connectivity index is 1.62. The lowest BCUT2D eigenvalue weighted by Gasteiger charge is -2.20. The van der Waals surface area contributed by atoms with Gasteiger partial charge in [-0.3, -0.25) is 0 Å². The van der Waals surface area contributed by atoms with Crippen LogP contribution in [0.3, 0.4) is 0 Å². The van der Waals surface area contributed by atoms with Gasteiger partial charge in [-0.2, -0.15) is 0 Å².